The molecule has 2 heterocycles. The Labute approximate surface area is 120 Å². The third-order valence-electron chi connectivity index (χ3n) is 4.11. The largest absolute Gasteiger partial charge is 0.478 e. The monoisotopic (exact) mass is 277 g/mol. The number of likely N-dealkylation sites (tertiary alicyclic amines) is 1. The predicted octanol–water partition coefficient (Wildman–Crippen LogP) is 1.70. The molecule has 1 aromatic rings. The summed E-state index contributed by atoms with van der Waals surface area (Å²) < 4.78 is 0. The third kappa shape index (κ3) is 3.77. The van der Waals surface area contributed by atoms with Gasteiger partial charge in [0.25, 0.3) is 0 Å². The molecule has 1 N–H and O–H groups in total. The molecular weight excluding hydrogens is 254 g/mol. The van der Waals surface area contributed by atoms with Gasteiger partial charge in [0, 0.05) is 18.8 Å². The van der Waals surface area contributed by atoms with Crippen LogP contribution in [0, 0.1) is 0 Å². The number of pyridine rings is 1. The number of aromatic nitrogens is 1. The maximum atomic E-state index is 10.8. The highest BCUT2D eigenvalue weighted by Crippen LogP contribution is 2.16. The molecule has 0 bridgehead atoms. The van der Waals surface area contributed by atoms with E-state index in [1.165, 1.54) is 19.0 Å². The fraction of sp³-hybridized carbons (Fsp3) is 0.600. The summed E-state index contributed by atoms with van der Waals surface area (Å²) in [6.07, 6.45) is 3.82. The highest BCUT2D eigenvalue weighted by Gasteiger charge is 2.21. The Kier molecular flexibility index (Phi) is 5.09. The van der Waals surface area contributed by atoms with Gasteiger partial charge in [-0.1, -0.05) is 6.92 Å². The van der Waals surface area contributed by atoms with Crippen molar-refractivity contribution in [2.24, 2.45) is 0 Å². The molecule has 0 spiro atoms. The lowest BCUT2D eigenvalue weighted by Gasteiger charge is -2.36. The first-order valence-electron chi connectivity index (χ1n) is 7.21. The Hall–Kier alpha value is -1.46. The van der Waals surface area contributed by atoms with E-state index in [2.05, 4.69) is 28.8 Å². The molecule has 0 aliphatic carbocycles. The zero-order chi connectivity index (χ0) is 14.5. The lowest BCUT2D eigenvalue weighted by molar-refractivity contribution is 0.0696. The van der Waals surface area contributed by atoms with Crippen LogP contribution in [0.3, 0.4) is 0 Å². The number of piperidine rings is 1. The molecule has 1 aromatic heterocycles. The summed E-state index contributed by atoms with van der Waals surface area (Å²) in [4.78, 5) is 19.8. The molecule has 0 radical (unpaired) electrons. The van der Waals surface area contributed by atoms with Crippen LogP contribution < -0.4 is 0 Å². The number of nitrogens with zero attached hydrogens (tertiary/aromatic N) is 3. The van der Waals surface area contributed by atoms with Crippen LogP contribution in [0.5, 0.6) is 0 Å². The normalized spacial score (nSPS) is 17.6. The molecule has 1 saturated heterocycles. The minimum atomic E-state index is -0.927. The van der Waals surface area contributed by atoms with Crippen molar-refractivity contribution >= 4 is 5.97 Å². The van der Waals surface area contributed by atoms with Crippen molar-refractivity contribution in [2.45, 2.75) is 32.4 Å². The highest BCUT2D eigenvalue weighted by atomic mass is 16.4. The van der Waals surface area contributed by atoms with Gasteiger partial charge in [-0.3, -0.25) is 9.88 Å². The van der Waals surface area contributed by atoms with E-state index in [0.29, 0.717) is 6.04 Å². The van der Waals surface area contributed by atoms with Gasteiger partial charge < -0.3 is 10.0 Å². The van der Waals surface area contributed by atoms with Crippen LogP contribution in [0.25, 0.3) is 0 Å². The van der Waals surface area contributed by atoms with Crippen molar-refractivity contribution in [3.63, 3.8) is 0 Å². The van der Waals surface area contributed by atoms with Gasteiger partial charge in [-0.05, 0) is 51.7 Å². The number of rotatable bonds is 5. The van der Waals surface area contributed by atoms with E-state index in [1.54, 1.807) is 12.1 Å². The summed E-state index contributed by atoms with van der Waals surface area (Å²) in [7, 11) is 2.12. The van der Waals surface area contributed by atoms with Crippen LogP contribution in [0.2, 0.25) is 0 Å². The number of hydrogen-bond acceptors (Lipinski definition) is 4. The highest BCUT2D eigenvalue weighted by molar-refractivity contribution is 5.87. The molecule has 0 amide bonds. The quantitative estimate of drug-likeness (QED) is 0.887. The predicted molar refractivity (Wildman–Crippen MR) is 77.8 cm³/mol. The second kappa shape index (κ2) is 6.81. The summed E-state index contributed by atoms with van der Waals surface area (Å²) in [5, 5.41) is 8.85. The van der Waals surface area contributed by atoms with E-state index in [0.717, 1.165) is 31.9 Å². The van der Waals surface area contributed by atoms with Crippen molar-refractivity contribution in [1.82, 2.24) is 14.8 Å². The van der Waals surface area contributed by atoms with Crippen LogP contribution in [0.15, 0.2) is 18.3 Å². The molecule has 0 aromatic carbocycles. The van der Waals surface area contributed by atoms with Crippen LogP contribution in [-0.2, 0) is 6.54 Å². The van der Waals surface area contributed by atoms with Gasteiger partial charge in [0.1, 0.15) is 0 Å². The van der Waals surface area contributed by atoms with E-state index in [-0.39, 0.29) is 5.56 Å². The topological polar surface area (TPSA) is 56.7 Å². The molecule has 0 unspecified atom stereocenters. The van der Waals surface area contributed by atoms with Crippen LogP contribution in [0.1, 0.15) is 35.8 Å². The van der Waals surface area contributed by atoms with Crippen LogP contribution >= 0.6 is 0 Å². The molecule has 0 saturated carbocycles. The van der Waals surface area contributed by atoms with E-state index in [4.69, 9.17) is 5.11 Å². The van der Waals surface area contributed by atoms with Gasteiger partial charge in [-0.25, -0.2) is 4.79 Å². The lowest BCUT2D eigenvalue weighted by Crippen LogP contribution is -2.43. The lowest BCUT2D eigenvalue weighted by atomic mass is 10.0. The van der Waals surface area contributed by atoms with Crippen molar-refractivity contribution in [2.75, 3.05) is 26.7 Å². The van der Waals surface area contributed by atoms with Crippen molar-refractivity contribution < 1.29 is 9.90 Å². The molecular formula is C15H23N3O2. The minimum absolute atomic E-state index is 0.243. The summed E-state index contributed by atoms with van der Waals surface area (Å²) >= 11 is 0. The molecule has 1 aliphatic heterocycles. The average molecular weight is 277 g/mol. The van der Waals surface area contributed by atoms with Crippen molar-refractivity contribution in [3.8, 4) is 0 Å². The van der Waals surface area contributed by atoms with Gasteiger partial charge in [0.2, 0.25) is 0 Å². The van der Waals surface area contributed by atoms with Crippen molar-refractivity contribution in [3.05, 3.63) is 29.6 Å². The Morgan fingerprint density at radius 2 is 2.15 bits per heavy atom. The zero-order valence-electron chi connectivity index (χ0n) is 12.2. The molecule has 2 rings (SSSR count). The summed E-state index contributed by atoms with van der Waals surface area (Å²) in [5.74, 6) is -0.927. The first kappa shape index (κ1) is 14.9. The number of carbonyl (C=O) groups is 1. The molecule has 5 nitrogen and oxygen atoms in total. The van der Waals surface area contributed by atoms with Gasteiger partial charge in [-0.2, -0.15) is 0 Å². The third-order valence-corrected chi connectivity index (χ3v) is 4.11. The summed E-state index contributed by atoms with van der Waals surface area (Å²) in [6, 6.07) is 4.03. The number of hydrogen-bond donors (Lipinski definition) is 1. The van der Waals surface area contributed by atoms with Gasteiger partial charge in [-0.15, -0.1) is 0 Å². The van der Waals surface area contributed by atoms with E-state index >= 15 is 0 Å². The summed E-state index contributed by atoms with van der Waals surface area (Å²) in [5.41, 5.74) is 1.17. The molecule has 0 atom stereocenters. The Morgan fingerprint density at radius 1 is 1.45 bits per heavy atom. The summed E-state index contributed by atoms with van der Waals surface area (Å²) in [6.45, 7) is 6.44. The standard InChI is InChI=1S/C15H23N3O2/c1-3-18-8-6-14(7-9-18)17(2)11-13-5-4-12(10-16-13)15(19)20/h4-5,10,14H,3,6-9,11H2,1-2H3,(H,19,20). The molecule has 1 fully saturated rings. The first-order chi connectivity index (χ1) is 9.60. The molecule has 20 heavy (non-hydrogen) atoms. The first-order valence-corrected chi connectivity index (χ1v) is 7.21. The average Bonchev–Trinajstić information content (AvgIpc) is 2.48. The smallest absolute Gasteiger partial charge is 0.337 e. The molecule has 110 valence electrons. The van der Waals surface area contributed by atoms with Crippen molar-refractivity contribution in [1.29, 1.82) is 0 Å². The van der Waals surface area contributed by atoms with E-state index < -0.39 is 5.97 Å². The molecule has 1 aliphatic rings. The van der Waals surface area contributed by atoms with E-state index in [9.17, 15) is 4.79 Å². The maximum absolute atomic E-state index is 10.8. The zero-order valence-corrected chi connectivity index (χ0v) is 12.2. The minimum Gasteiger partial charge on any atom is -0.478 e. The van der Waals surface area contributed by atoms with Crippen LogP contribution in [-0.4, -0.2) is 58.6 Å². The van der Waals surface area contributed by atoms with Gasteiger partial charge in [0.15, 0.2) is 0 Å². The SMILES string of the molecule is CCN1CCC(N(C)Cc2ccc(C(=O)O)cn2)CC1. The second-order valence-corrected chi connectivity index (χ2v) is 5.42. The van der Waals surface area contributed by atoms with Crippen LogP contribution in [0.4, 0.5) is 0 Å². The van der Waals surface area contributed by atoms with Gasteiger partial charge in [0.05, 0.1) is 11.3 Å². The fourth-order valence-electron chi connectivity index (χ4n) is 2.71. The molecule has 5 heteroatoms. The van der Waals surface area contributed by atoms with E-state index in [1.807, 2.05) is 0 Å². The number of carboxylic acid groups (broad SMARTS) is 1. The number of carboxylic acids is 1. The number of aromatic carboxylic acids is 1. The second-order valence-electron chi connectivity index (χ2n) is 5.42. The Bertz CT molecular complexity index is 439. The Morgan fingerprint density at radius 3 is 2.65 bits per heavy atom. The Balaban J connectivity index is 1.88. The fourth-order valence-corrected chi connectivity index (χ4v) is 2.71. The maximum Gasteiger partial charge on any atom is 0.337 e. The van der Waals surface area contributed by atoms with Gasteiger partial charge >= 0.3 is 5.97 Å².